The summed E-state index contributed by atoms with van der Waals surface area (Å²) in [5, 5.41) is 1.44. The lowest BCUT2D eigenvalue weighted by Gasteiger charge is -2.25. The van der Waals surface area contributed by atoms with Gasteiger partial charge in [-0.25, -0.2) is 4.79 Å². The standard InChI is InChI=1S/C35H37Cl2NO4/c1-25-4-6-27(7-5-25)24-42-34(35(39)40-3)22-26-8-18-32(19-9-26)41-21-20-38(2)23-33(28-10-14-30(36)15-11-28)29-12-16-31(37)17-13-29/h4-19,33-34H,20-24H2,1-3H3. The van der Waals surface area contributed by atoms with E-state index in [2.05, 4.69) is 36.2 Å². The zero-order valence-corrected chi connectivity index (χ0v) is 25.8. The molecule has 0 heterocycles. The highest BCUT2D eigenvalue weighted by molar-refractivity contribution is 6.30. The van der Waals surface area contributed by atoms with Gasteiger partial charge in [0.05, 0.1) is 13.7 Å². The summed E-state index contributed by atoms with van der Waals surface area (Å²) in [6.45, 7) is 4.47. The predicted octanol–water partition coefficient (Wildman–Crippen LogP) is 7.75. The van der Waals surface area contributed by atoms with Gasteiger partial charge in [0.2, 0.25) is 0 Å². The van der Waals surface area contributed by atoms with E-state index in [0.717, 1.165) is 40.0 Å². The number of benzene rings is 4. The van der Waals surface area contributed by atoms with E-state index in [4.69, 9.17) is 37.4 Å². The summed E-state index contributed by atoms with van der Waals surface area (Å²) < 4.78 is 17.0. The SMILES string of the molecule is COC(=O)C(Cc1ccc(OCCN(C)CC(c2ccc(Cl)cc2)c2ccc(Cl)cc2)cc1)OCc1ccc(C)cc1. The molecule has 220 valence electrons. The number of carbonyl (C=O) groups is 1. The quantitative estimate of drug-likeness (QED) is 0.138. The van der Waals surface area contributed by atoms with Crippen molar-refractivity contribution in [3.8, 4) is 5.75 Å². The van der Waals surface area contributed by atoms with E-state index in [1.807, 2.05) is 79.7 Å². The first kappa shape index (κ1) is 31.6. The lowest BCUT2D eigenvalue weighted by molar-refractivity contribution is -0.154. The Hall–Kier alpha value is -3.35. The lowest BCUT2D eigenvalue weighted by Crippen LogP contribution is -2.29. The van der Waals surface area contributed by atoms with Gasteiger partial charge in [0.1, 0.15) is 12.4 Å². The number of hydrogen-bond donors (Lipinski definition) is 0. The number of rotatable bonds is 14. The maximum Gasteiger partial charge on any atom is 0.335 e. The number of halogens is 2. The largest absolute Gasteiger partial charge is 0.492 e. The Morgan fingerprint density at radius 1 is 0.786 bits per heavy atom. The fourth-order valence-corrected chi connectivity index (χ4v) is 4.93. The number of methoxy groups -OCH3 is 1. The summed E-state index contributed by atoms with van der Waals surface area (Å²) in [6, 6.07) is 31.8. The summed E-state index contributed by atoms with van der Waals surface area (Å²) in [5.74, 6) is 0.551. The van der Waals surface area contributed by atoms with E-state index in [1.54, 1.807) is 0 Å². The molecule has 1 atom stereocenters. The fraction of sp³-hybridized carbons (Fsp3) is 0.286. The van der Waals surface area contributed by atoms with Crippen molar-refractivity contribution >= 4 is 29.2 Å². The third kappa shape index (κ3) is 9.60. The van der Waals surface area contributed by atoms with Crippen molar-refractivity contribution in [3.05, 3.63) is 135 Å². The molecule has 0 aromatic heterocycles. The number of ether oxygens (including phenoxy) is 3. The molecule has 4 aromatic rings. The van der Waals surface area contributed by atoms with Crippen LogP contribution in [0.3, 0.4) is 0 Å². The summed E-state index contributed by atoms with van der Waals surface area (Å²) in [6.07, 6.45) is -0.274. The minimum Gasteiger partial charge on any atom is -0.492 e. The third-order valence-electron chi connectivity index (χ3n) is 7.16. The van der Waals surface area contributed by atoms with Crippen LogP contribution < -0.4 is 4.74 Å². The molecule has 4 aromatic carbocycles. The summed E-state index contributed by atoms with van der Waals surface area (Å²) in [4.78, 5) is 14.6. The van der Waals surface area contributed by atoms with Gasteiger partial charge >= 0.3 is 5.97 Å². The number of esters is 1. The second kappa shape index (κ2) is 15.8. The van der Waals surface area contributed by atoms with Crippen LogP contribution >= 0.6 is 23.2 Å². The zero-order chi connectivity index (χ0) is 29.9. The van der Waals surface area contributed by atoms with Crippen LogP contribution in [0.25, 0.3) is 0 Å². The number of likely N-dealkylation sites (N-methyl/N-ethyl adjacent to an activating group) is 1. The maximum atomic E-state index is 12.4. The van der Waals surface area contributed by atoms with Crippen molar-refractivity contribution in [1.82, 2.24) is 4.90 Å². The van der Waals surface area contributed by atoms with Crippen LogP contribution in [0.5, 0.6) is 5.75 Å². The molecule has 0 amide bonds. The Morgan fingerprint density at radius 3 is 1.88 bits per heavy atom. The van der Waals surface area contributed by atoms with Gasteiger partial charge in [0.25, 0.3) is 0 Å². The Labute approximate surface area is 258 Å². The van der Waals surface area contributed by atoms with Crippen LogP contribution in [0.4, 0.5) is 0 Å². The number of hydrogen-bond acceptors (Lipinski definition) is 5. The lowest BCUT2D eigenvalue weighted by atomic mass is 9.91. The molecule has 0 spiro atoms. The molecule has 0 bridgehead atoms. The van der Waals surface area contributed by atoms with Crippen LogP contribution in [-0.2, 0) is 27.3 Å². The summed E-state index contributed by atoms with van der Waals surface area (Å²) >= 11 is 12.3. The molecule has 0 aliphatic heterocycles. The van der Waals surface area contributed by atoms with Gasteiger partial charge < -0.3 is 19.1 Å². The molecule has 7 heteroatoms. The molecule has 0 saturated heterocycles. The Morgan fingerprint density at radius 2 is 1.33 bits per heavy atom. The third-order valence-corrected chi connectivity index (χ3v) is 7.66. The minimum atomic E-state index is -0.689. The predicted molar refractivity (Wildman–Crippen MR) is 170 cm³/mol. The topological polar surface area (TPSA) is 48.0 Å². The Balaban J connectivity index is 1.29. The molecule has 1 unspecified atom stereocenters. The van der Waals surface area contributed by atoms with E-state index < -0.39 is 6.10 Å². The van der Waals surface area contributed by atoms with Crippen LogP contribution in [0.2, 0.25) is 10.0 Å². The number of nitrogens with zero attached hydrogens (tertiary/aromatic N) is 1. The molecule has 0 radical (unpaired) electrons. The van der Waals surface area contributed by atoms with Gasteiger partial charge in [-0.1, -0.05) is 89.4 Å². The normalized spacial score (nSPS) is 12.0. The van der Waals surface area contributed by atoms with Crippen molar-refractivity contribution in [2.24, 2.45) is 0 Å². The van der Waals surface area contributed by atoms with E-state index in [9.17, 15) is 4.79 Å². The molecule has 0 aliphatic rings. The van der Waals surface area contributed by atoms with Crippen molar-refractivity contribution < 1.29 is 19.0 Å². The van der Waals surface area contributed by atoms with Gasteiger partial charge in [-0.2, -0.15) is 0 Å². The summed E-state index contributed by atoms with van der Waals surface area (Å²) in [7, 11) is 3.47. The molecular formula is C35H37Cl2NO4. The van der Waals surface area contributed by atoms with Crippen molar-refractivity contribution in [2.45, 2.75) is 32.0 Å². The molecular weight excluding hydrogens is 569 g/mol. The van der Waals surface area contributed by atoms with Crippen molar-refractivity contribution in [1.29, 1.82) is 0 Å². The average Bonchev–Trinajstić information content (AvgIpc) is 3.00. The Bertz CT molecular complexity index is 1350. The highest BCUT2D eigenvalue weighted by atomic mass is 35.5. The van der Waals surface area contributed by atoms with Crippen LogP contribution in [0, 0.1) is 6.92 Å². The summed E-state index contributed by atoms with van der Waals surface area (Å²) in [5.41, 5.74) is 5.54. The Kier molecular flexibility index (Phi) is 11.8. The molecule has 4 rings (SSSR count). The van der Waals surface area contributed by atoms with Gasteiger partial charge in [0.15, 0.2) is 6.10 Å². The first-order chi connectivity index (χ1) is 20.3. The van der Waals surface area contributed by atoms with Crippen LogP contribution in [0.1, 0.15) is 33.7 Å². The van der Waals surface area contributed by atoms with E-state index in [0.29, 0.717) is 19.6 Å². The highest BCUT2D eigenvalue weighted by Crippen LogP contribution is 2.28. The van der Waals surface area contributed by atoms with Gasteiger partial charge in [-0.05, 0) is 72.6 Å². The number of carbonyl (C=O) groups excluding carboxylic acids is 1. The first-order valence-electron chi connectivity index (χ1n) is 14.0. The van der Waals surface area contributed by atoms with Crippen LogP contribution in [-0.4, -0.2) is 50.8 Å². The smallest absolute Gasteiger partial charge is 0.335 e. The molecule has 42 heavy (non-hydrogen) atoms. The van der Waals surface area contributed by atoms with Gasteiger partial charge in [-0.15, -0.1) is 0 Å². The second-order valence-corrected chi connectivity index (χ2v) is 11.3. The van der Waals surface area contributed by atoms with Crippen LogP contribution in [0.15, 0.2) is 97.1 Å². The van der Waals surface area contributed by atoms with Gasteiger partial charge in [0, 0.05) is 35.5 Å². The van der Waals surface area contributed by atoms with Crippen molar-refractivity contribution in [2.75, 3.05) is 33.9 Å². The minimum absolute atomic E-state index is 0.166. The fourth-order valence-electron chi connectivity index (χ4n) is 4.67. The highest BCUT2D eigenvalue weighted by Gasteiger charge is 2.21. The molecule has 0 fully saturated rings. The molecule has 0 N–H and O–H groups in total. The second-order valence-electron chi connectivity index (χ2n) is 10.4. The first-order valence-corrected chi connectivity index (χ1v) is 14.7. The van der Waals surface area contributed by atoms with E-state index in [1.165, 1.54) is 23.8 Å². The molecule has 0 aliphatic carbocycles. The average molecular weight is 607 g/mol. The maximum absolute atomic E-state index is 12.4. The van der Waals surface area contributed by atoms with Crippen molar-refractivity contribution in [3.63, 3.8) is 0 Å². The molecule has 0 saturated carbocycles. The van der Waals surface area contributed by atoms with Gasteiger partial charge in [-0.3, -0.25) is 0 Å². The van der Waals surface area contributed by atoms with E-state index in [-0.39, 0.29) is 11.9 Å². The zero-order valence-electron chi connectivity index (χ0n) is 24.3. The molecule has 5 nitrogen and oxygen atoms in total. The monoisotopic (exact) mass is 605 g/mol. The number of aryl methyl sites for hydroxylation is 1. The van der Waals surface area contributed by atoms with E-state index >= 15 is 0 Å².